The van der Waals surface area contributed by atoms with Gasteiger partial charge >= 0.3 is 12.1 Å². The lowest BCUT2D eigenvalue weighted by atomic mass is 10.1. The molecule has 1 amide bonds. The third-order valence-corrected chi connectivity index (χ3v) is 3.63. The first-order valence-electron chi connectivity index (χ1n) is 7.22. The molecule has 0 saturated heterocycles. The number of carbonyl (C=O) groups is 2. The molecule has 0 fully saturated rings. The van der Waals surface area contributed by atoms with Gasteiger partial charge in [0.15, 0.2) is 11.7 Å². The van der Waals surface area contributed by atoms with Gasteiger partial charge in [0.2, 0.25) is 0 Å². The summed E-state index contributed by atoms with van der Waals surface area (Å²) in [5, 5.41) is 4.89. The van der Waals surface area contributed by atoms with Crippen LogP contribution in [0.25, 0.3) is 0 Å². The van der Waals surface area contributed by atoms with Crippen molar-refractivity contribution in [3.8, 4) is 0 Å². The van der Waals surface area contributed by atoms with Crippen molar-refractivity contribution in [2.45, 2.75) is 6.18 Å². The van der Waals surface area contributed by atoms with Crippen molar-refractivity contribution in [2.24, 2.45) is 0 Å². The van der Waals surface area contributed by atoms with Crippen LogP contribution >= 0.6 is 28.1 Å². The first kappa shape index (κ1) is 20.8. The number of halogens is 4. The van der Waals surface area contributed by atoms with Gasteiger partial charge in [-0.3, -0.25) is 10.1 Å². The third kappa shape index (κ3) is 6.61. The van der Waals surface area contributed by atoms with Crippen LogP contribution in [0.3, 0.4) is 0 Å². The number of pyridine rings is 1. The molecule has 0 saturated carbocycles. The van der Waals surface area contributed by atoms with E-state index in [1.807, 2.05) is 0 Å². The summed E-state index contributed by atoms with van der Waals surface area (Å²) in [6, 6.07) is 8.59. The van der Waals surface area contributed by atoms with Gasteiger partial charge in [-0.05, 0) is 52.4 Å². The van der Waals surface area contributed by atoms with Gasteiger partial charge in [-0.2, -0.15) is 13.2 Å². The minimum Gasteiger partial charge on any atom is -0.452 e. The van der Waals surface area contributed by atoms with Crippen LogP contribution in [-0.2, 0) is 4.74 Å². The predicted molar refractivity (Wildman–Crippen MR) is 98.4 cm³/mol. The fourth-order valence-electron chi connectivity index (χ4n) is 1.85. The summed E-state index contributed by atoms with van der Waals surface area (Å²) in [4.78, 5) is 28.2. The Hall–Kier alpha value is -2.53. The molecule has 142 valence electrons. The van der Waals surface area contributed by atoms with Crippen LogP contribution in [0.1, 0.15) is 20.7 Å². The number of thiocarbonyl (C=S) groups is 1. The van der Waals surface area contributed by atoms with E-state index >= 15 is 0 Å². The number of nitrogens with zero attached hydrogens (tertiary/aromatic N) is 1. The number of alkyl halides is 3. The van der Waals surface area contributed by atoms with E-state index in [4.69, 9.17) is 12.2 Å². The van der Waals surface area contributed by atoms with Crippen molar-refractivity contribution >= 4 is 51.0 Å². The number of aromatic nitrogens is 1. The molecule has 11 heteroatoms. The summed E-state index contributed by atoms with van der Waals surface area (Å²) < 4.78 is 41.5. The van der Waals surface area contributed by atoms with Gasteiger partial charge in [0.1, 0.15) is 5.82 Å². The smallest absolute Gasteiger partial charge is 0.422 e. The molecule has 0 unspecified atom stereocenters. The van der Waals surface area contributed by atoms with Gasteiger partial charge in [0, 0.05) is 10.7 Å². The zero-order valence-electron chi connectivity index (χ0n) is 13.3. The molecular weight excluding hydrogens is 451 g/mol. The highest BCUT2D eigenvalue weighted by Crippen LogP contribution is 2.17. The Labute approximate surface area is 165 Å². The lowest BCUT2D eigenvalue weighted by molar-refractivity contribution is -0.161. The fourth-order valence-corrected chi connectivity index (χ4v) is 2.28. The van der Waals surface area contributed by atoms with E-state index in [-0.39, 0.29) is 16.2 Å². The maximum Gasteiger partial charge on any atom is 0.422 e. The van der Waals surface area contributed by atoms with Crippen LogP contribution in [0.2, 0.25) is 0 Å². The summed E-state index contributed by atoms with van der Waals surface area (Å²) in [6.07, 6.45) is -3.16. The minimum atomic E-state index is -4.67. The number of amides is 1. The summed E-state index contributed by atoms with van der Waals surface area (Å²) in [5.74, 6) is -1.70. The van der Waals surface area contributed by atoms with Crippen molar-refractivity contribution in [1.82, 2.24) is 10.3 Å². The molecule has 0 spiro atoms. The average Bonchev–Trinajstić information content (AvgIpc) is 2.61. The second-order valence-electron chi connectivity index (χ2n) is 5.01. The Morgan fingerprint density at radius 1 is 1.15 bits per heavy atom. The maximum atomic E-state index is 12.3. The predicted octanol–water partition coefficient (Wildman–Crippen LogP) is 3.69. The molecule has 27 heavy (non-hydrogen) atoms. The molecule has 0 aliphatic carbocycles. The molecule has 0 radical (unpaired) electrons. The van der Waals surface area contributed by atoms with Crippen molar-refractivity contribution in [1.29, 1.82) is 0 Å². The van der Waals surface area contributed by atoms with E-state index in [1.165, 1.54) is 30.5 Å². The van der Waals surface area contributed by atoms with Gasteiger partial charge in [-0.1, -0.05) is 12.1 Å². The maximum absolute atomic E-state index is 12.3. The van der Waals surface area contributed by atoms with Crippen LogP contribution in [0.15, 0.2) is 47.1 Å². The molecule has 6 nitrogen and oxygen atoms in total. The summed E-state index contributed by atoms with van der Waals surface area (Å²) in [5.41, 5.74) is -0.499. The molecule has 0 bridgehead atoms. The largest absolute Gasteiger partial charge is 0.452 e. The fraction of sp³-hybridized carbons (Fsp3) is 0.125. The topological polar surface area (TPSA) is 80.3 Å². The monoisotopic (exact) mass is 461 g/mol. The van der Waals surface area contributed by atoms with E-state index in [0.29, 0.717) is 5.82 Å². The Morgan fingerprint density at radius 2 is 1.81 bits per heavy atom. The number of carbonyl (C=O) groups excluding carboxylic acids is 2. The number of esters is 1. The summed E-state index contributed by atoms with van der Waals surface area (Å²) in [7, 11) is 0. The quantitative estimate of drug-likeness (QED) is 0.533. The molecule has 1 aromatic heterocycles. The Balaban J connectivity index is 2.06. The van der Waals surface area contributed by atoms with Gasteiger partial charge in [0.25, 0.3) is 5.91 Å². The highest BCUT2D eigenvalue weighted by Gasteiger charge is 2.30. The second kappa shape index (κ2) is 8.91. The van der Waals surface area contributed by atoms with Crippen LogP contribution in [-0.4, -0.2) is 34.8 Å². The van der Waals surface area contributed by atoms with E-state index in [9.17, 15) is 22.8 Å². The van der Waals surface area contributed by atoms with Gasteiger partial charge in [-0.15, -0.1) is 0 Å². The number of anilines is 1. The van der Waals surface area contributed by atoms with Crippen LogP contribution in [0, 0.1) is 0 Å². The zero-order valence-corrected chi connectivity index (χ0v) is 15.7. The molecule has 2 aromatic rings. The molecular formula is C16H11BrF3N3O3S. The van der Waals surface area contributed by atoms with Crippen molar-refractivity contribution < 1.29 is 27.5 Å². The minimum absolute atomic E-state index is 0.103. The SMILES string of the molecule is O=C(NC(=S)Nc1ccc(Br)cn1)c1ccccc1C(=O)OCC(F)(F)F. The molecule has 0 aliphatic rings. The zero-order chi connectivity index (χ0) is 20.0. The summed E-state index contributed by atoms with van der Waals surface area (Å²) >= 11 is 8.22. The number of hydrogen-bond acceptors (Lipinski definition) is 5. The van der Waals surface area contributed by atoms with Gasteiger partial charge < -0.3 is 10.1 Å². The first-order valence-corrected chi connectivity index (χ1v) is 8.42. The molecule has 2 rings (SSSR count). The highest BCUT2D eigenvalue weighted by molar-refractivity contribution is 9.10. The van der Waals surface area contributed by atoms with Gasteiger partial charge in [-0.25, -0.2) is 9.78 Å². The Morgan fingerprint density at radius 3 is 2.41 bits per heavy atom. The van der Waals surface area contributed by atoms with E-state index < -0.39 is 24.7 Å². The third-order valence-electron chi connectivity index (χ3n) is 2.95. The lowest BCUT2D eigenvalue weighted by Crippen LogP contribution is -2.35. The lowest BCUT2D eigenvalue weighted by Gasteiger charge is -2.12. The van der Waals surface area contributed by atoms with E-state index in [2.05, 4.69) is 36.3 Å². The second-order valence-corrected chi connectivity index (χ2v) is 6.33. The Kier molecular flexibility index (Phi) is 6.86. The number of ether oxygens (including phenoxy) is 1. The van der Waals surface area contributed by atoms with Gasteiger partial charge in [0.05, 0.1) is 11.1 Å². The normalized spacial score (nSPS) is 10.8. The van der Waals surface area contributed by atoms with Crippen molar-refractivity contribution in [3.63, 3.8) is 0 Å². The molecule has 2 N–H and O–H groups in total. The Bertz CT molecular complexity index is 860. The molecule has 1 heterocycles. The van der Waals surface area contributed by atoms with Crippen molar-refractivity contribution in [2.75, 3.05) is 11.9 Å². The number of hydrogen-bond donors (Lipinski definition) is 2. The summed E-state index contributed by atoms with van der Waals surface area (Å²) in [6.45, 7) is -1.75. The highest BCUT2D eigenvalue weighted by atomic mass is 79.9. The van der Waals surface area contributed by atoms with Crippen molar-refractivity contribution in [3.05, 3.63) is 58.2 Å². The van der Waals surface area contributed by atoms with Crippen LogP contribution in [0.5, 0.6) is 0 Å². The van der Waals surface area contributed by atoms with Crippen LogP contribution in [0.4, 0.5) is 19.0 Å². The molecule has 0 atom stereocenters. The first-order chi connectivity index (χ1) is 12.7. The number of nitrogens with one attached hydrogen (secondary N) is 2. The van der Waals surface area contributed by atoms with E-state index in [0.717, 1.165) is 4.47 Å². The van der Waals surface area contributed by atoms with E-state index in [1.54, 1.807) is 12.1 Å². The standard InChI is InChI=1S/C16H11BrF3N3O3S/c17-9-5-6-12(21-7-9)22-15(27)23-13(24)10-3-1-2-4-11(10)14(25)26-8-16(18,19)20/h1-7H,8H2,(H2,21,22,23,24,27). The van der Waals surface area contributed by atoms with Crippen LogP contribution < -0.4 is 10.6 Å². The molecule has 1 aromatic carbocycles. The molecule has 0 aliphatic heterocycles. The number of rotatable bonds is 4. The number of benzene rings is 1. The average molecular weight is 462 g/mol.